The quantitative estimate of drug-likeness (QED) is 0.463. The standard InChI is InChI=1S/C7H16BN2OP/c1-7(2,8)6(11)5(10)3-12-4-9/h5,12H,3-4,9-10H2,1-2H3. The minimum absolute atomic E-state index is 0.0940. The molecule has 12 heavy (non-hydrogen) atoms. The van der Waals surface area contributed by atoms with Gasteiger partial charge in [-0.1, -0.05) is 13.8 Å². The maximum absolute atomic E-state index is 11.4. The number of carbonyl (C=O) groups is 1. The van der Waals surface area contributed by atoms with E-state index in [-0.39, 0.29) is 5.78 Å². The Hall–Kier alpha value is 0.0849. The van der Waals surface area contributed by atoms with Crippen LogP contribution in [0.25, 0.3) is 0 Å². The fourth-order valence-corrected chi connectivity index (χ4v) is 1.47. The van der Waals surface area contributed by atoms with Crippen LogP contribution in [0.15, 0.2) is 0 Å². The normalized spacial score (nSPS) is 15.3. The van der Waals surface area contributed by atoms with Crippen molar-refractivity contribution < 1.29 is 4.79 Å². The molecule has 0 aromatic carbocycles. The Kier molecular flexibility index (Phi) is 4.99. The van der Waals surface area contributed by atoms with Crippen LogP contribution in [0, 0.1) is 0 Å². The van der Waals surface area contributed by atoms with Gasteiger partial charge in [0.1, 0.15) is 5.78 Å². The zero-order valence-electron chi connectivity index (χ0n) is 7.63. The first-order valence-corrected chi connectivity index (χ1v) is 5.30. The SMILES string of the molecule is [B]C(C)(C)C(=O)C(N)CPCN. The van der Waals surface area contributed by atoms with Crippen LogP contribution in [0.3, 0.4) is 0 Å². The van der Waals surface area contributed by atoms with E-state index in [1.807, 2.05) is 0 Å². The highest BCUT2D eigenvalue weighted by Gasteiger charge is 2.25. The Balaban J connectivity index is 3.94. The largest absolute Gasteiger partial charge is 0.327 e. The molecule has 4 N–H and O–H groups in total. The molecule has 0 aromatic heterocycles. The van der Waals surface area contributed by atoms with Crippen LogP contribution in [-0.2, 0) is 4.79 Å². The van der Waals surface area contributed by atoms with Crippen LogP contribution in [0.4, 0.5) is 0 Å². The van der Waals surface area contributed by atoms with E-state index < -0.39 is 11.4 Å². The summed E-state index contributed by atoms with van der Waals surface area (Å²) in [6.45, 7) is 3.33. The summed E-state index contributed by atoms with van der Waals surface area (Å²) < 4.78 is 0. The highest BCUT2D eigenvalue weighted by Crippen LogP contribution is 2.22. The summed E-state index contributed by atoms with van der Waals surface area (Å²) in [7, 11) is 6.14. The molecule has 0 bridgehead atoms. The first-order chi connectivity index (χ1) is 5.39. The van der Waals surface area contributed by atoms with E-state index in [1.165, 1.54) is 0 Å². The second-order valence-corrected chi connectivity index (χ2v) is 4.67. The molecule has 0 aromatic rings. The van der Waals surface area contributed by atoms with Crippen molar-refractivity contribution >= 4 is 22.2 Å². The Morgan fingerprint density at radius 3 is 2.50 bits per heavy atom. The molecule has 0 aliphatic heterocycles. The maximum atomic E-state index is 11.4. The molecule has 0 aliphatic rings. The molecule has 2 unspecified atom stereocenters. The molecule has 0 fully saturated rings. The Labute approximate surface area is 76.8 Å². The maximum Gasteiger partial charge on any atom is 0.146 e. The summed E-state index contributed by atoms with van der Waals surface area (Å²) in [4.78, 5) is 11.4. The molecule has 2 radical (unpaired) electrons. The summed E-state index contributed by atoms with van der Waals surface area (Å²) in [5.74, 6) is -0.0940. The van der Waals surface area contributed by atoms with E-state index >= 15 is 0 Å². The van der Waals surface area contributed by atoms with E-state index in [1.54, 1.807) is 13.8 Å². The van der Waals surface area contributed by atoms with Gasteiger partial charge in [-0.15, -0.1) is 8.58 Å². The molecule has 2 atom stereocenters. The third-order valence-corrected chi connectivity index (χ3v) is 2.50. The first kappa shape index (κ1) is 12.1. The third kappa shape index (κ3) is 4.20. The molecular weight excluding hydrogens is 170 g/mol. The zero-order valence-corrected chi connectivity index (χ0v) is 8.63. The van der Waals surface area contributed by atoms with Crippen LogP contribution < -0.4 is 11.5 Å². The molecule has 0 saturated heterocycles. The molecule has 3 nitrogen and oxygen atoms in total. The van der Waals surface area contributed by atoms with Crippen LogP contribution in [0.2, 0.25) is 5.31 Å². The van der Waals surface area contributed by atoms with Crippen molar-refractivity contribution in [3.8, 4) is 0 Å². The summed E-state index contributed by atoms with van der Waals surface area (Å²) in [5, 5.41) is -0.821. The van der Waals surface area contributed by atoms with E-state index in [9.17, 15) is 4.79 Å². The lowest BCUT2D eigenvalue weighted by Gasteiger charge is -2.21. The number of nitrogens with two attached hydrogens (primary N) is 2. The monoisotopic (exact) mass is 186 g/mol. The lowest BCUT2D eigenvalue weighted by Crippen LogP contribution is -2.38. The van der Waals surface area contributed by atoms with Crippen LogP contribution in [0.5, 0.6) is 0 Å². The van der Waals surface area contributed by atoms with Gasteiger partial charge in [-0.05, 0) is 11.5 Å². The molecule has 0 heterocycles. The van der Waals surface area contributed by atoms with Crippen molar-refractivity contribution in [3.63, 3.8) is 0 Å². The highest BCUT2D eigenvalue weighted by atomic mass is 31.1. The fourth-order valence-electron chi connectivity index (χ4n) is 0.809. The Morgan fingerprint density at radius 2 is 2.17 bits per heavy atom. The number of hydrogen-bond acceptors (Lipinski definition) is 3. The molecular formula is C7H16BN2OP. The number of Topliss-reactive ketones (excluding diaryl/α,β-unsaturated/α-hetero) is 1. The van der Waals surface area contributed by atoms with Gasteiger partial charge in [0.05, 0.1) is 13.9 Å². The zero-order chi connectivity index (χ0) is 9.78. The topological polar surface area (TPSA) is 69.1 Å². The summed E-state index contributed by atoms with van der Waals surface area (Å²) in [6.07, 6.45) is 1.24. The summed E-state index contributed by atoms with van der Waals surface area (Å²) in [6, 6.07) is -0.452. The van der Waals surface area contributed by atoms with E-state index in [0.29, 0.717) is 21.0 Å². The second-order valence-electron chi connectivity index (χ2n) is 3.35. The second kappa shape index (κ2) is 4.95. The molecule has 0 rings (SSSR count). The van der Waals surface area contributed by atoms with Gasteiger partial charge in [-0.2, -0.15) is 0 Å². The summed E-state index contributed by atoms with van der Waals surface area (Å²) >= 11 is 0. The van der Waals surface area contributed by atoms with Crippen molar-refractivity contribution in [2.45, 2.75) is 25.2 Å². The van der Waals surface area contributed by atoms with Crippen molar-refractivity contribution in [1.29, 1.82) is 0 Å². The molecule has 0 spiro atoms. The van der Waals surface area contributed by atoms with Gasteiger partial charge in [0.15, 0.2) is 0 Å². The predicted octanol–water partition coefficient (Wildman–Crippen LogP) is -0.156. The number of carbonyl (C=O) groups excluding carboxylic acids is 1. The molecule has 0 amide bonds. The minimum atomic E-state index is -0.821. The fraction of sp³-hybridized carbons (Fsp3) is 0.857. The lowest BCUT2D eigenvalue weighted by molar-refractivity contribution is -0.121. The number of rotatable bonds is 5. The van der Waals surface area contributed by atoms with Crippen LogP contribution in [-0.4, -0.2) is 32.1 Å². The van der Waals surface area contributed by atoms with Gasteiger partial charge in [0.25, 0.3) is 0 Å². The third-order valence-electron chi connectivity index (χ3n) is 1.48. The average Bonchev–Trinajstić information content (AvgIpc) is 1.97. The van der Waals surface area contributed by atoms with Gasteiger partial charge in [-0.3, -0.25) is 4.79 Å². The smallest absolute Gasteiger partial charge is 0.146 e. The van der Waals surface area contributed by atoms with Crippen molar-refractivity contribution in [3.05, 3.63) is 0 Å². The predicted molar refractivity (Wildman–Crippen MR) is 55.0 cm³/mol. The van der Waals surface area contributed by atoms with Gasteiger partial charge >= 0.3 is 0 Å². The molecule has 5 heteroatoms. The van der Waals surface area contributed by atoms with E-state index in [4.69, 9.17) is 19.3 Å². The van der Waals surface area contributed by atoms with Gasteiger partial charge < -0.3 is 11.5 Å². The molecule has 0 aliphatic carbocycles. The molecule has 0 saturated carbocycles. The highest BCUT2D eigenvalue weighted by molar-refractivity contribution is 7.38. The average molecular weight is 186 g/mol. The van der Waals surface area contributed by atoms with Crippen molar-refractivity contribution in [1.82, 2.24) is 0 Å². The van der Waals surface area contributed by atoms with Crippen molar-refractivity contribution in [2.24, 2.45) is 11.5 Å². The number of ketones is 1. The Bertz CT molecular complexity index is 158. The lowest BCUT2D eigenvalue weighted by atomic mass is 9.68. The molecule has 68 valence electrons. The van der Waals surface area contributed by atoms with Crippen LogP contribution >= 0.6 is 8.58 Å². The van der Waals surface area contributed by atoms with Gasteiger partial charge in [0, 0.05) is 6.29 Å². The minimum Gasteiger partial charge on any atom is -0.327 e. The number of hydrogen-bond donors (Lipinski definition) is 2. The Morgan fingerprint density at radius 1 is 1.67 bits per heavy atom. The van der Waals surface area contributed by atoms with E-state index in [0.717, 1.165) is 0 Å². The van der Waals surface area contributed by atoms with Crippen LogP contribution in [0.1, 0.15) is 13.8 Å². The summed E-state index contributed by atoms with van der Waals surface area (Å²) in [5.41, 5.74) is 10.9. The van der Waals surface area contributed by atoms with E-state index in [2.05, 4.69) is 0 Å². The first-order valence-electron chi connectivity index (χ1n) is 3.89. The van der Waals surface area contributed by atoms with Crippen molar-refractivity contribution in [2.75, 3.05) is 12.4 Å². The van der Waals surface area contributed by atoms with Gasteiger partial charge in [0.2, 0.25) is 0 Å². The van der Waals surface area contributed by atoms with Gasteiger partial charge in [-0.25, -0.2) is 0 Å².